The number of hydrogen-bond acceptors (Lipinski definition) is 8. The predicted octanol–water partition coefficient (Wildman–Crippen LogP) is 6.30. The molecule has 1 N–H and O–H groups in total. The largest absolute Gasteiger partial charge is 0.504 e. The second-order valence-electron chi connectivity index (χ2n) is 12.6. The summed E-state index contributed by atoms with van der Waals surface area (Å²) in [7, 11) is 1.38. The summed E-state index contributed by atoms with van der Waals surface area (Å²) >= 11 is 9.52. The average Bonchev–Trinajstić information content (AvgIpc) is 3.43. The summed E-state index contributed by atoms with van der Waals surface area (Å²) in [6.45, 7) is 1.65. The Bertz CT molecular complexity index is 2000. The van der Waals surface area contributed by atoms with E-state index in [9.17, 15) is 38.8 Å². The summed E-state index contributed by atoms with van der Waals surface area (Å²) in [5.74, 6) is -7.36. The number of nitro benzene ring substituents is 1. The van der Waals surface area contributed by atoms with Gasteiger partial charge in [0.15, 0.2) is 11.5 Å². The molecular weight excluding hydrogens is 713 g/mol. The molecule has 2 aliphatic heterocycles. The van der Waals surface area contributed by atoms with Crippen molar-refractivity contribution in [3.05, 3.63) is 97.2 Å². The zero-order valence-electron chi connectivity index (χ0n) is 25.4. The Morgan fingerprint density at radius 1 is 1.00 bits per heavy atom. The molecule has 0 aromatic heterocycles. The van der Waals surface area contributed by atoms with Gasteiger partial charge in [-0.15, -0.1) is 0 Å². The molecule has 0 spiro atoms. The van der Waals surface area contributed by atoms with Crippen LogP contribution in [0.25, 0.3) is 0 Å². The van der Waals surface area contributed by atoms with Crippen LogP contribution in [0, 0.1) is 45.0 Å². The first-order chi connectivity index (χ1) is 22.8. The lowest BCUT2D eigenvalue weighted by atomic mass is 9.51. The number of carbonyl (C=O) groups is 4. The third-order valence-electron chi connectivity index (χ3n) is 10.4. The van der Waals surface area contributed by atoms with Crippen LogP contribution in [-0.2, 0) is 19.2 Å². The number of rotatable bonds is 5. The SMILES string of the molecule is COc1cc(Br)cc([C@H]2C3=CC[C@@H]4C(=O)N(c5ccc([N+](=O)[O-])cc5)C(=O)[C@@H]4[C@@H]3C[C@H]3C(=O)N(c4ccc(F)c(Cl)c4)C(=O)[C@@]23C)c1O. The van der Waals surface area contributed by atoms with Crippen LogP contribution in [0.3, 0.4) is 0 Å². The van der Waals surface area contributed by atoms with Crippen LogP contribution in [0.15, 0.2) is 70.7 Å². The summed E-state index contributed by atoms with van der Waals surface area (Å²) in [6.07, 6.45) is 2.01. The molecule has 2 saturated heterocycles. The number of non-ortho nitro benzene ring substituents is 1. The number of imide groups is 2. The standard InChI is InChI=1S/C34H26BrClFN3O8/c1-34-23(31(43)39(33(34)45)18-7-10-25(37)24(36)13-18)14-21-19(28(34)22-11-15(35)12-26(48-2)29(22)41)8-9-20-27(21)32(44)38(30(20)42)16-3-5-17(6-4-16)40(46)47/h3-8,10-13,20-21,23,27-28,41H,9,14H2,1-2H3/t20-,21+,23-,27-,28+,34+/m0/s1. The number of fused-ring (bicyclic) bond motifs is 4. The number of ether oxygens (including phenoxy) is 1. The van der Waals surface area contributed by atoms with Crippen LogP contribution in [0.2, 0.25) is 5.02 Å². The van der Waals surface area contributed by atoms with Gasteiger partial charge in [0.05, 0.1) is 51.6 Å². The highest BCUT2D eigenvalue weighted by Gasteiger charge is 2.68. The van der Waals surface area contributed by atoms with E-state index in [1.54, 1.807) is 19.1 Å². The van der Waals surface area contributed by atoms with Gasteiger partial charge in [-0.25, -0.2) is 9.29 Å². The minimum absolute atomic E-state index is 0.0367. The zero-order valence-corrected chi connectivity index (χ0v) is 27.7. The van der Waals surface area contributed by atoms with Crippen molar-refractivity contribution in [3.8, 4) is 11.5 Å². The number of aromatic hydroxyl groups is 1. The maximum atomic E-state index is 14.6. The van der Waals surface area contributed by atoms with Crippen LogP contribution in [0.5, 0.6) is 11.5 Å². The molecule has 14 heteroatoms. The smallest absolute Gasteiger partial charge is 0.269 e. The van der Waals surface area contributed by atoms with Gasteiger partial charge in [0.1, 0.15) is 5.82 Å². The Hall–Kier alpha value is -4.62. The molecule has 0 radical (unpaired) electrons. The molecule has 7 rings (SSSR count). The number of halogens is 3. The normalized spacial score (nSPS) is 27.9. The zero-order chi connectivity index (χ0) is 34.4. The molecule has 1 saturated carbocycles. The van der Waals surface area contributed by atoms with Crippen molar-refractivity contribution >= 4 is 68.2 Å². The molecule has 11 nitrogen and oxygen atoms in total. The Balaban J connectivity index is 1.38. The van der Waals surface area contributed by atoms with Crippen LogP contribution in [0.4, 0.5) is 21.5 Å². The number of nitrogens with zero attached hydrogens (tertiary/aromatic N) is 3. The Morgan fingerprint density at radius 3 is 2.33 bits per heavy atom. The second-order valence-corrected chi connectivity index (χ2v) is 13.9. The molecule has 3 aromatic rings. The fourth-order valence-electron chi connectivity index (χ4n) is 8.18. The summed E-state index contributed by atoms with van der Waals surface area (Å²) in [4.78, 5) is 69.6. The summed E-state index contributed by atoms with van der Waals surface area (Å²) in [5, 5.41) is 22.4. The molecule has 6 atom stereocenters. The summed E-state index contributed by atoms with van der Waals surface area (Å²) in [5.41, 5.74) is -0.517. The van der Waals surface area contributed by atoms with E-state index in [4.69, 9.17) is 16.3 Å². The number of amides is 4. The van der Waals surface area contributed by atoms with Crippen LogP contribution >= 0.6 is 27.5 Å². The summed E-state index contributed by atoms with van der Waals surface area (Å²) < 4.78 is 20.1. The Labute approximate surface area is 286 Å². The van der Waals surface area contributed by atoms with Crippen LogP contribution in [0.1, 0.15) is 31.2 Å². The van der Waals surface area contributed by atoms with E-state index in [-0.39, 0.29) is 52.0 Å². The molecule has 3 fully saturated rings. The maximum absolute atomic E-state index is 14.6. The van der Waals surface area contributed by atoms with E-state index in [2.05, 4.69) is 15.9 Å². The lowest BCUT2D eigenvalue weighted by Crippen LogP contribution is -2.49. The van der Waals surface area contributed by atoms with Crippen molar-refractivity contribution in [3.63, 3.8) is 0 Å². The molecule has 48 heavy (non-hydrogen) atoms. The maximum Gasteiger partial charge on any atom is 0.269 e. The number of allylic oxidation sites excluding steroid dienone is 2. The molecule has 0 bridgehead atoms. The van der Waals surface area contributed by atoms with Crippen molar-refractivity contribution in [2.75, 3.05) is 16.9 Å². The van der Waals surface area contributed by atoms with Gasteiger partial charge in [-0.3, -0.25) is 34.2 Å². The Kier molecular flexibility index (Phi) is 7.48. The number of carbonyl (C=O) groups excluding carboxylic acids is 4. The second kappa shape index (κ2) is 11.2. The van der Waals surface area contributed by atoms with Crippen LogP contribution in [-0.4, -0.2) is 40.8 Å². The molecule has 4 amide bonds. The van der Waals surface area contributed by atoms with Crippen molar-refractivity contribution in [2.24, 2.45) is 29.1 Å². The van der Waals surface area contributed by atoms with Gasteiger partial charge in [-0.2, -0.15) is 0 Å². The first-order valence-electron chi connectivity index (χ1n) is 15.0. The molecule has 2 heterocycles. The number of methoxy groups -OCH3 is 1. The first-order valence-corrected chi connectivity index (χ1v) is 16.2. The van der Waals surface area contributed by atoms with Crippen molar-refractivity contribution in [1.82, 2.24) is 0 Å². The molecular formula is C34H26BrClFN3O8. The highest BCUT2D eigenvalue weighted by Crippen LogP contribution is 2.65. The van der Waals surface area contributed by atoms with Gasteiger partial charge < -0.3 is 9.84 Å². The van der Waals surface area contributed by atoms with Gasteiger partial charge in [0.2, 0.25) is 23.6 Å². The highest BCUT2D eigenvalue weighted by atomic mass is 79.9. The molecule has 246 valence electrons. The lowest BCUT2D eigenvalue weighted by Gasteiger charge is -2.49. The molecule has 4 aliphatic rings. The molecule has 0 unspecified atom stereocenters. The quantitative estimate of drug-likeness (QED) is 0.139. The van der Waals surface area contributed by atoms with E-state index in [1.165, 1.54) is 43.5 Å². The number of phenols is 1. The van der Waals surface area contributed by atoms with E-state index >= 15 is 0 Å². The predicted molar refractivity (Wildman–Crippen MR) is 174 cm³/mol. The molecule has 2 aliphatic carbocycles. The number of nitro groups is 1. The number of hydrogen-bond donors (Lipinski definition) is 1. The van der Waals surface area contributed by atoms with Gasteiger partial charge in [0, 0.05) is 28.1 Å². The van der Waals surface area contributed by atoms with E-state index in [0.717, 1.165) is 15.9 Å². The third kappa shape index (κ3) is 4.43. The van der Waals surface area contributed by atoms with E-state index in [0.29, 0.717) is 10.0 Å². The van der Waals surface area contributed by atoms with Crippen molar-refractivity contribution in [1.29, 1.82) is 0 Å². The Morgan fingerprint density at radius 2 is 1.69 bits per heavy atom. The van der Waals surface area contributed by atoms with E-state index in [1.807, 2.05) is 6.08 Å². The lowest BCUT2D eigenvalue weighted by molar-refractivity contribution is -0.384. The fraction of sp³-hybridized carbons (Fsp3) is 0.294. The van der Waals surface area contributed by atoms with Crippen molar-refractivity contribution in [2.45, 2.75) is 25.7 Å². The van der Waals surface area contributed by atoms with Gasteiger partial charge in [0.25, 0.3) is 5.69 Å². The minimum Gasteiger partial charge on any atom is -0.504 e. The topological polar surface area (TPSA) is 147 Å². The first kappa shape index (κ1) is 32.0. The number of phenolic OH excluding ortho intramolecular Hbond substituents is 1. The summed E-state index contributed by atoms with van der Waals surface area (Å²) in [6, 6.07) is 11.9. The number of anilines is 2. The minimum atomic E-state index is -1.49. The highest BCUT2D eigenvalue weighted by molar-refractivity contribution is 9.10. The third-order valence-corrected chi connectivity index (χ3v) is 11.1. The number of benzene rings is 3. The molecule has 3 aromatic carbocycles. The fourth-order valence-corrected chi connectivity index (χ4v) is 8.81. The van der Waals surface area contributed by atoms with Gasteiger partial charge in [-0.1, -0.05) is 39.2 Å². The van der Waals surface area contributed by atoms with Gasteiger partial charge >= 0.3 is 0 Å². The van der Waals surface area contributed by atoms with Gasteiger partial charge in [-0.05, 0) is 68.1 Å². The monoisotopic (exact) mass is 737 g/mol. The van der Waals surface area contributed by atoms with E-state index < -0.39 is 69.4 Å². The van der Waals surface area contributed by atoms with Crippen molar-refractivity contribution < 1.29 is 38.3 Å². The van der Waals surface area contributed by atoms with Crippen LogP contribution < -0.4 is 14.5 Å². The average molecular weight is 739 g/mol.